The van der Waals surface area contributed by atoms with Gasteiger partial charge in [-0.15, -0.1) is 0 Å². The van der Waals surface area contributed by atoms with Crippen LogP contribution in [0.15, 0.2) is 18.3 Å². The summed E-state index contributed by atoms with van der Waals surface area (Å²) in [6, 6.07) is 3.50. The first-order chi connectivity index (χ1) is 10.4. The normalized spacial score (nSPS) is 31.6. The summed E-state index contributed by atoms with van der Waals surface area (Å²) in [5.41, 5.74) is 0.452. The van der Waals surface area contributed by atoms with Gasteiger partial charge in [0, 0.05) is 42.4 Å². The molecular weight excluding hydrogens is 328 g/mol. The maximum atomic E-state index is 11.8. The van der Waals surface area contributed by atoms with Crippen molar-refractivity contribution in [2.24, 2.45) is 11.8 Å². The van der Waals surface area contributed by atoms with Gasteiger partial charge in [0.25, 0.3) is 10.2 Å². The lowest BCUT2D eigenvalue weighted by Gasteiger charge is -2.23. The van der Waals surface area contributed by atoms with E-state index in [0.29, 0.717) is 18.1 Å². The molecule has 0 amide bonds. The second kappa shape index (κ2) is 4.42. The van der Waals surface area contributed by atoms with Crippen LogP contribution in [0.1, 0.15) is 5.56 Å². The number of rotatable bonds is 3. The number of nitrogens with one attached hydrogen (secondary N) is 2. The summed E-state index contributed by atoms with van der Waals surface area (Å²) in [7, 11) is -2.06. The van der Waals surface area contributed by atoms with Gasteiger partial charge in [-0.1, -0.05) is 11.6 Å². The minimum atomic E-state index is -3.44. The highest BCUT2D eigenvalue weighted by atomic mass is 35.5. The van der Waals surface area contributed by atoms with E-state index in [0.717, 1.165) is 16.5 Å². The van der Waals surface area contributed by atoms with Gasteiger partial charge in [0.2, 0.25) is 0 Å². The highest BCUT2D eigenvalue weighted by molar-refractivity contribution is 7.87. The van der Waals surface area contributed by atoms with Crippen molar-refractivity contribution in [3.63, 3.8) is 0 Å². The van der Waals surface area contributed by atoms with Crippen molar-refractivity contribution in [3.05, 3.63) is 28.9 Å². The average Bonchev–Trinajstić information content (AvgIpc) is 2.94. The number of aromatic amines is 1. The SMILES string of the molecule is CNS(=O)(=O)N1C[C@@H]2[C@H](C1)[C@]2(O)c1cc(Cl)cc2[nH]ncc12. The summed E-state index contributed by atoms with van der Waals surface area (Å²) in [5.74, 6) is -0.237. The predicted octanol–water partition coefficient (Wildman–Crippen LogP) is 0.430. The molecule has 0 radical (unpaired) electrons. The van der Waals surface area contributed by atoms with Crippen molar-refractivity contribution in [1.82, 2.24) is 19.2 Å². The number of piperidine rings is 1. The highest BCUT2D eigenvalue weighted by Gasteiger charge is 2.70. The molecule has 3 N–H and O–H groups in total. The largest absolute Gasteiger partial charge is 0.384 e. The molecule has 118 valence electrons. The third-order valence-electron chi connectivity index (χ3n) is 4.86. The van der Waals surface area contributed by atoms with Crippen LogP contribution in [0.5, 0.6) is 0 Å². The third kappa shape index (κ3) is 1.79. The van der Waals surface area contributed by atoms with E-state index in [-0.39, 0.29) is 11.8 Å². The fourth-order valence-corrected chi connectivity index (χ4v) is 4.83. The summed E-state index contributed by atoms with van der Waals surface area (Å²) in [5, 5.41) is 19.2. The fourth-order valence-electron chi connectivity index (χ4n) is 3.64. The van der Waals surface area contributed by atoms with Crippen molar-refractivity contribution >= 4 is 32.7 Å². The molecule has 22 heavy (non-hydrogen) atoms. The van der Waals surface area contributed by atoms with Gasteiger partial charge in [-0.05, 0) is 17.7 Å². The summed E-state index contributed by atoms with van der Waals surface area (Å²) < 4.78 is 27.4. The molecular formula is C13H15ClN4O3S. The number of hydrogen-bond acceptors (Lipinski definition) is 4. The van der Waals surface area contributed by atoms with E-state index in [4.69, 9.17) is 11.6 Å². The van der Waals surface area contributed by atoms with Gasteiger partial charge in [-0.25, -0.2) is 4.72 Å². The Morgan fingerprint density at radius 1 is 1.45 bits per heavy atom. The number of H-pyrrole nitrogens is 1. The number of hydrogen-bond donors (Lipinski definition) is 3. The molecule has 0 bridgehead atoms. The Morgan fingerprint density at radius 3 is 2.77 bits per heavy atom. The van der Waals surface area contributed by atoms with E-state index in [1.807, 2.05) is 0 Å². The molecule has 4 rings (SSSR count). The number of nitrogens with zero attached hydrogens (tertiary/aromatic N) is 2. The van der Waals surface area contributed by atoms with Gasteiger partial charge in [-0.3, -0.25) is 5.10 Å². The standard InChI is InChI=1S/C13H15ClN4O3S/c1-15-22(20,21)18-5-10-11(6-18)13(10,19)9-2-7(14)3-12-8(9)4-16-17-12/h2-4,10-11,15,19H,5-6H2,1H3,(H,16,17)/t10-,11+,13+. The molecule has 1 saturated heterocycles. The lowest BCUT2D eigenvalue weighted by atomic mass is 9.99. The lowest BCUT2D eigenvalue weighted by molar-refractivity contribution is 0.0990. The Hall–Kier alpha value is -1.19. The smallest absolute Gasteiger partial charge is 0.279 e. The molecule has 1 aromatic heterocycles. The van der Waals surface area contributed by atoms with Gasteiger partial charge in [0.05, 0.1) is 17.3 Å². The molecule has 2 aliphatic rings. The molecule has 1 saturated carbocycles. The first-order valence-corrected chi connectivity index (χ1v) is 8.74. The Labute approximate surface area is 132 Å². The van der Waals surface area contributed by atoms with Crippen LogP contribution in [-0.2, 0) is 15.8 Å². The van der Waals surface area contributed by atoms with Crippen molar-refractivity contribution in [1.29, 1.82) is 0 Å². The van der Waals surface area contributed by atoms with Crippen LogP contribution in [0.2, 0.25) is 5.02 Å². The predicted molar refractivity (Wildman–Crippen MR) is 81.5 cm³/mol. The molecule has 9 heteroatoms. The topological polar surface area (TPSA) is 98.3 Å². The van der Waals surface area contributed by atoms with Crippen molar-refractivity contribution < 1.29 is 13.5 Å². The van der Waals surface area contributed by atoms with Crippen LogP contribution >= 0.6 is 11.6 Å². The van der Waals surface area contributed by atoms with E-state index >= 15 is 0 Å². The summed E-state index contributed by atoms with van der Waals surface area (Å²) in [6.07, 6.45) is 1.66. The summed E-state index contributed by atoms with van der Waals surface area (Å²) >= 11 is 6.12. The lowest BCUT2D eigenvalue weighted by Crippen LogP contribution is -2.41. The maximum absolute atomic E-state index is 11.8. The average molecular weight is 343 g/mol. The molecule has 1 aromatic carbocycles. The molecule has 2 heterocycles. The quantitative estimate of drug-likeness (QED) is 0.753. The van der Waals surface area contributed by atoms with Crippen molar-refractivity contribution in [2.45, 2.75) is 5.60 Å². The molecule has 1 aliphatic heterocycles. The van der Waals surface area contributed by atoms with E-state index < -0.39 is 15.8 Å². The monoisotopic (exact) mass is 342 g/mol. The Morgan fingerprint density at radius 2 is 2.14 bits per heavy atom. The summed E-state index contributed by atoms with van der Waals surface area (Å²) in [4.78, 5) is 0. The van der Waals surface area contributed by atoms with Crippen LogP contribution in [0, 0.1) is 11.8 Å². The number of halogens is 1. The van der Waals surface area contributed by atoms with Crippen LogP contribution in [0.4, 0.5) is 0 Å². The Bertz CT molecular complexity index is 853. The molecule has 3 atom stereocenters. The zero-order valence-electron chi connectivity index (χ0n) is 11.7. The van der Waals surface area contributed by atoms with Crippen LogP contribution < -0.4 is 4.72 Å². The van der Waals surface area contributed by atoms with E-state index in [1.165, 1.54) is 11.4 Å². The number of fused-ring (bicyclic) bond motifs is 2. The highest BCUT2D eigenvalue weighted by Crippen LogP contribution is 2.63. The Balaban J connectivity index is 1.70. The van der Waals surface area contributed by atoms with E-state index in [1.54, 1.807) is 18.3 Å². The summed E-state index contributed by atoms with van der Waals surface area (Å²) in [6.45, 7) is 0.604. The molecule has 0 spiro atoms. The van der Waals surface area contributed by atoms with Gasteiger partial charge < -0.3 is 5.11 Å². The van der Waals surface area contributed by atoms with Gasteiger partial charge in [0.1, 0.15) is 0 Å². The van der Waals surface area contributed by atoms with Crippen LogP contribution in [0.25, 0.3) is 10.9 Å². The zero-order valence-corrected chi connectivity index (χ0v) is 13.3. The third-order valence-corrected chi connectivity index (χ3v) is 6.57. The second-order valence-corrected chi connectivity index (χ2v) is 8.16. The Kier molecular flexibility index (Phi) is 2.90. The number of aromatic nitrogens is 2. The van der Waals surface area contributed by atoms with Crippen LogP contribution in [0.3, 0.4) is 0 Å². The van der Waals surface area contributed by atoms with Crippen molar-refractivity contribution in [2.75, 3.05) is 20.1 Å². The molecule has 7 nitrogen and oxygen atoms in total. The zero-order chi connectivity index (χ0) is 15.7. The van der Waals surface area contributed by atoms with Gasteiger partial charge >= 0.3 is 0 Å². The maximum Gasteiger partial charge on any atom is 0.279 e. The minimum Gasteiger partial charge on any atom is -0.384 e. The molecule has 0 unspecified atom stereocenters. The van der Waals surface area contributed by atoms with Crippen LogP contribution in [-0.4, -0.2) is 48.2 Å². The van der Waals surface area contributed by atoms with Crippen molar-refractivity contribution in [3.8, 4) is 0 Å². The molecule has 2 fully saturated rings. The van der Waals surface area contributed by atoms with E-state index in [2.05, 4.69) is 14.9 Å². The fraction of sp³-hybridized carbons (Fsp3) is 0.462. The molecule has 1 aliphatic carbocycles. The first-order valence-electron chi connectivity index (χ1n) is 6.92. The number of aliphatic hydroxyl groups is 1. The van der Waals surface area contributed by atoms with Gasteiger partial charge in [-0.2, -0.15) is 17.8 Å². The molecule has 2 aromatic rings. The van der Waals surface area contributed by atoms with Gasteiger partial charge in [0.15, 0.2) is 0 Å². The van der Waals surface area contributed by atoms with E-state index in [9.17, 15) is 13.5 Å². The minimum absolute atomic E-state index is 0.118. The number of benzene rings is 1. The first kappa shape index (κ1) is 14.4. The second-order valence-electron chi connectivity index (χ2n) is 5.85.